The summed E-state index contributed by atoms with van der Waals surface area (Å²) in [6.07, 6.45) is 0.833. The maximum absolute atomic E-state index is 13.2. The molecule has 3 nitrogen and oxygen atoms in total. The van der Waals surface area contributed by atoms with Gasteiger partial charge in [-0.3, -0.25) is 4.79 Å². The van der Waals surface area contributed by atoms with E-state index in [1.54, 1.807) is 12.1 Å². The Morgan fingerprint density at radius 2 is 2.31 bits per heavy atom. The predicted octanol–water partition coefficient (Wildman–Crippen LogP) is 0.862. The van der Waals surface area contributed by atoms with Crippen molar-refractivity contribution in [1.29, 1.82) is 0 Å². The Hall–Kier alpha value is -0.550. The Labute approximate surface area is 75.3 Å². The lowest BCUT2D eigenvalue weighted by atomic mass is 9.90. The number of hydrogen-bond acceptors (Lipinski definition) is 3. The fourth-order valence-electron chi connectivity index (χ4n) is 2.10. The molecule has 0 spiro atoms. The van der Waals surface area contributed by atoms with Crippen LogP contribution >= 0.6 is 0 Å². The molecular formula is C8H12F2N2O. The minimum absolute atomic E-state index is 0.170. The Balaban J connectivity index is 2.08. The van der Waals surface area contributed by atoms with E-state index in [9.17, 15) is 13.6 Å². The lowest BCUT2D eigenvalue weighted by Gasteiger charge is -2.34. The number of hydrogen-bond donors (Lipinski definition) is 0. The van der Waals surface area contributed by atoms with Crippen LogP contribution in [0.25, 0.3) is 0 Å². The van der Waals surface area contributed by atoms with Crippen LogP contribution in [-0.2, 0) is 4.79 Å². The van der Waals surface area contributed by atoms with Gasteiger partial charge in [0.1, 0.15) is 0 Å². The molecule has 3 unspecified atom stereocenters. The molecule has 74 valence electrons. The van der Waals surface area contributed by atoms with Crippen molar-refractivity contribution in [3.63, 3.8) is 0 Å². The first-order valence-electron chi connectivity index (χ1n) is 4.37. The molecule has 2 heterocycles. The summed E-state index contributed by atoms with van der Waals surface area (Å²) < 4.78 is 26.3. The summed E-state index contributed by atoms with van der Waals surface area (Å²) >= 11 is 0. The van der Waals surface area contributed by atoms with Gasteiger partial charge in [-0.1, -0.05) is 6.92 Å². The van der Waals surface area contributed by atoms with Crippen LogP contribution in [0, 0.1) is 0 Å². The molecule has 13 heavy (non-hydrogen) atoms. The first kappa shape index (κ1) is 9.02. The van der Waals surface area contributed by atoms with E-state index in [4.69, 9.17) is 0 Å². The molecule has 2 rings (SSSR count). The van der Waals surface area contributed by atoms with Crippen molar-refractivity contribution < 1.29 is 13.6 Å². The minimum atomic E-state index is -2.67. The average Bonchev–Trinajstić information content (AvgIpc) is 2.46. The smallest absolute Gasteiger partial charge is 0.264 e. The van der Waals surface area contributed by atoms with Gasteiger partial charge in [-0.2, -0.15) is 0 Å². The van der Waals surface area contributed by atoms with Crippen LogP contribution in [-0.4, -0.2) is 41.0 Å². The fraction of sp³-hybridized carbons (Fsp3) is 0.875. The highest BCUT2D eigenvalue weighted by atomic mass is 19.3. The van der Waals surface area contributed by atoms with Crippen LogP contribution < -0.4 is 0 Å². The maximum Gasteiger partial charge on any atom is 0.264 e. The molecule has 0 aromatic heterocycles. The number of hydrazine groups is 1. The van der Waals surface area contributed by atoms with Gasteiger partial charge in [0.05, 0.1) is 6.04 Å². The molecule has 0 aliphatic carbocycles. The summed E-state index contributed by atoms with van der Waals surface area (Å²) in [6, 6.07) is -0.771. The fourth-order valence-corrected chi connectivity index (χ4v) is 2.10. The van der Waals surface area contributed by atoms with Gasteiger partial charge in [0.25, 0.3) is 5.92 Å². The van der Waals surface area contributed by atoms with Crippen LogP contribution in [0.15, 0.2) is 0 Å². The van der Waals surface area contributed by atoms with E-state index in [0.29, 0.717) is 0 Å². The highest BCUT2D eigenvalue weighted by molar-refractivity contribution is 5.70. The molecular weight excluding hydrogens is 178 g/mol. The third-order valence-corrected chi connectivity index (χ3v) is 3.18. The van der Waals surface area contributed by atoms with Crippen molar-refractivity contribution in [1.82, 2.24) is 10.0 Å². The van der Waals surface area contributed by atoms with Gasteiger partial charge in [0.2, 0.25) is 0 Å². The van der Waals surface area contributed by atoms with Gasteiger partial charge in [-0.25, -0.2) is 18.8 Å². The zero-order valence-corrected chi connectivity index (χ0v) is 7.63. The summed E-state index contributed by atoms with van der Waals surface area (Å²) in [6.45, 7) is 1.46. The quantitative estimate of drug-likeness (QED) is 0.487. The molecule has 2 aliphatic heterocycles. The normalized spacial score (nSPS) is 47.8. The topological polar surface area (TPSA) is 23.1 Å². The van der Waals surface area contributed by atoms with Crippen molar-refractivity contribution in [2.45, 2.75) is 37.4 Å². The summed E-state index contributed by atoms with van der Waals surface area (Å²) in [7, 11) is 1.67. The van der Waals surface area contributed by atoms with E-state index in [0.717, 1.165) is 6.29 Å². The second-order valence-electron chi connectivity index (χ2n) is 3.70. The molecule has 0 radical (unpaired) electrons. The van der Waals surface area contributed by atoms with Crippen LogP contribution in [0.2, 0.25) is 0 Å². The molecule has 0 bridgehead atoms. The molecule has 2 aliphatic rings. The van der Waals surface area contributed by atoms with E-state index in [2.05, 4.69) is 0 Å². The zero-order valence-electron chi connectivity index (χ0n) is 7.63. The van der Waals surface area contributed by atoms with Crippen molar-refractivity contribution in [3.8, 4) is 0 Å². The van der Waals surface area contributed by atoms with Gasteiger partial charge in [-0.15, -0.1) is 0 Å². The highest BCUT2D eigenvalue weighted by Crippen LogP contribution is 2.57. The lowest BCUT2D eigenvalue weighted by molar-refractivity contribution is -0.126. The van der Waals surface area contributed by atoms with Crippen LogP contribution in [0.1, 0.15) is 19.8 Å². The molecule has 5 heteroatoms. The minimum Gasteiger partial charge on any atom is -0.300 e. The third-order valence-electron chi connectivity index (χ3n) is 3.18. The lowest BCUT2D eigenvalue weighted by Crippen LogP contribution is -2.53. The van der Waals surface area contributed by atoms with Crippen molar-refractivity contribution in [2.24, 2.45) is 0 Å². The first-order chi connectivity index (χ1) is 5.99. The van der Waals surface area contributed by atoms with Gasteiger partial charge >= 0.3 is 0 Å². The third kappa shape index (κ3) is 0.862. The van der Waals surface area contributed by atoms with E-state index < -0.39 is 17.6 Å². The van der Waals surface area contributed by atoms with Crippen molar-refractivity contribution >= 4 is 6.29 Å². The van der Waals surface area contributed by atoms with E-state index in [1.807, 2.05) is 0 Å². The second kappa shape index (κ2) is 2.27. The Morgan fingerprint density at radius 1 is 1.69 bits per heavy atom. The summed E-state index contributed by atoms with van der Waals surface area (Å²) in [5.41, 5.74) is -0.677. The molecule has 0 amide bonds. The van der Waals surface area contributed by atoms with Crippen LogP contribution in [0.4, 0.5) is 8.78 Å². The van der Waals surface area contributed by atoms with E-state index in [-0.39, 0.29) is 12.8 Å². The Morgan fingerprint density at radius 3 is 2.62 bits per heavy atom. The van der Waals surface area contributed by atoms with E-state index >= 15 is 0 Å². The molecule has 0 N–H and O–H groups in total. The van der Waals surface area contributed by atoms with Gasteiger partial charge in [-0.05, 0) is 0 Å². The largest absolute Gasteiger partial charge is 0.300 e. The number of aldehydes is 1. The highest BCUT2D eigenvalue weighted by Gasteiger charge is 2.76. The van der Waals surface area contributed by atoms with Crippen LogP contribution in [0.5, 0.6) is 0 Å². The monoisotopic (exact) mass is 190 g/mol. The second-order valence-corrected chi connectivity index (χ2v) is 3.70. The number of nitrogens with zero attached hydrogens (tertiary/aromatic N) is 2. The van der Waals surface area contributed by atoms with Gasteiger partial charge in [0.15, 0.2) is 11.9 Å². The SMILES string of the molecule is CCC(F)(F)C1CC2(C=O)N(C)[N@]12. The molecule has 4 atom stereocenters. The standard InChI is InChI=1S/C8H12F2N2O/c1-3-8(9,10)6-4-7(5-13)11(2)12(6)7/h5-6H,3-4H2,1-2H3/t6?,7?,11?,12-/m1/s1. The van der Waals surface area contributed by atoms with Crippen molar-refractivity contribution in [2.75, 3.05) is 7.05 Å². The first-order valence-corrected chi connectivity index (χ1v) is 4.37. The number of rotatable bonds is 3. The maximum atomic E-state index is 13.2. The number of carbonyl (C=O) groups excluding carboxylic acids is 1. The average molecular weight is 190 g/mol. The molecule has 0 saturated carbocycles. The van der Waals surface area contributed by atoms with Crippen molar-refractivity contribution in [3.05, 3.63) is 0 Å². The predicted molar refractivity (Wildman–Crippen MR) is 42.0 cm³/mol. The molecule has 2 saturated heterocycles. The zero-order chi connectivity index (χ0) is 9.85. The van der Waals surface area contributed by atoms with Gasteiger partial charge in [0, 0.05) is 19.9 Å². The van der Waals surface area contributed by atoms with E-state index in [1.165, 1.54) is 11.9 Å². The number of fused-ring (bicyclic) bond motifs is 1. The summed E-state index contributed by atoms with van der Waals surface area (Å²) in [5, 5.41) is 3.05. The van der Waals surface area contributed by atoms with Crippen LogP contribution in [0.3, 0.4) is 0 Å². The number of halogens is 2. The summed E-state index contributed by atoms with van der Waals surface area (Å²) in [4.78, 5) is 10.6. The number of carbonyl (C=O) groups is 1. The number of likely N-dealkylation sites (N-methyl/N-ethyl adjacent to an activating group) is 1. The molecule has 2 fully saturated rings. The Bertz CT molecular complexity index is 259. The number of alkyl halides is 2. The summed E-state index contributed by atoms with van der Waals surface area (Å²) in [5.74, 6) is -2.67. The Kier molecular flexibility index (Phi) is 1.58. The molecule has 0 aromatic carbocycles. The molecule has 0 aromatic rings. The van der Waals surface area contributed by atoms with Gasteiger partial charge < -0.3 is 0 Å².